The summed E-state index contributed by atoms with van der Waals surface area (Å²) in [6.45, 7) is 7.57. The lowest BCUT2D eigenvalue weighted by Crippen LogP contribution is -2.46. The minimum absolute atomic E-state index is 0.0933. The van der Waals surface area contributed by atoms with Gasteiger partial charge in [-0.15, -0.1) is 0 Å². The number of benzene rings is 2. The summed E-state index contributed by atoms with van der Waals surface area (Å²) in [7, 11) is -0.644. The first kappa shape index (κ1) is 28.5. The fourth-order valence-electron chi connectivity index (χ4n) is 3.58. The molecule has 200 valence electrons. The molecule has 1 fully saturated rings. The Balaban J connectivity index is 1.78. The zero-order chi connectivity index (χ0) is 28.0. The Morgan fingerprint density at radius 2 is 1.35 bits per heavy atom. The lowest BCUT2D eigenvalue weighted by atomic mass is 9.78. The summed E-state index contributed by atoms with van der Waals surface area (Å²) < 4.78 is 90.6. The topological polar surface area (TPSA) is 90.6 Å². The molecule has 1 aliphatic heterocycles. The standard InChI is InChI=1S/C24H25BF6N2O4/c1-21(2)22(3,4)37-25(36-21)17-7-5-13(6-8-17)9-18(19(32)34)33-20(35)14-10-15(23(26,27)28)12-16(11-14)24(29,30)31/h5-8,10-12,18H,9H2,1-4H3,(H2,32,34)(H,33,35)/t18-/m1/s1. The molecular formula is C24H25BF6N2O4. The Kier molecular flexibility index (Phi) is 7.46. The summed E-state index contributed by atoms with van der Waals surface area (Å²) in [5, 5.41) is 2.13. The highest BCUT2D eigenvalue weighted by Gasteiger charge is 2.51. The summed E-state index contributed by atoms with van der Waals surface area (Å²) in [5.41, 5.74) is 1.21. The van der Waals surface area contributed by atoms with E-state index in [9.17, 15) is 35.9 Å². The van der Waals surface area contributed by atoms with E-state index in [0.717, 1.165) is 0 Å². The van der Waals surface area contributed by atoms with Crippen molar-refractivity contribution in [3.05, 3.63) is 64.7 Å². The number of amides is 2. The third-order valence-corrected chi connectivity index (χ3v) is 6.44. The molecule has 1 atom stereocenters. The van der Waals surface area contributed by atoms with Gasteiger partial charge in [0.15, 0.2) is 0 Å². The molecule has 37 heavy (non-hydrogen) atoms. The molecule has 2 amide bonds. The molecule has 0 aliphatic carbocycles. The Bertz CT molecular complexity index is 1130. The summed E-state index contributed by atoms with van der Waals surface area (Å²) in [5.74, 6) is -2.33. The van der Waals surface area contributed by atoms with Crippen LogP contribution in [0.25, 0.3) is 0 Å². The van der Waals surface area contributed by atoms with E-state index < -0.39 is 65.2 Å². The first-order valence-electron chi connectivity index (χ1n) is 11.1. The lowest BCUT2D eigenvalue weighted by molar-refractivity contribution is -0.143. The van der Waals surface area contributed by atoms with E-state index >= 15 is 0 Å². The van der Waals surface area contributed by atoms with Crippen LogP contribution in [0.15, 0.2) is 42.5 Å². The van der Waals surface area contributed by atoms with E-state index in [-0.39, 0.29) is 24.6 Å². The van der Waals surface area contributed by atoms with Crippen molar-refractivity contribution in [1.82, 2.24) is 5.32 Å². The maximum Gasteiger partial charge on any atom is 0.494 e. The second-order valence-corrected chi connectivity index (χ2v) is 9.76. The smallest absolute Gasteiger partial charge is 0.399 e. The van der Waals surface area contributed by atoms with Gasteiger partial charge in [0, 0.05) is 12.0 Å². The Morgan fingerprint density at radius 1 is 0.892 bits per heavy atom. The fraction of sp³-hybridized carbons (Fsp3) is 0.417. The fourth-order valence-corrected chi connectivity index (χ4v) is 3.58. The summed E-state index contributed by atoms with van der Waals surface area (Å²) in [4.78, 5) is 24.5. The van der Waals surface area contributed by atoms with Gasteiger partial charge in [-0.25, -0.2) is 0 Å². The van der Waals surface area contributed by atoms with Crippen molar-refractivity contribution >= 4 is 24.4 Å². The van der Waals surface area contributed by atoms with E-state index in [1.54, 1.807) is 24.3 Å². The minimum Gasteiger partial charge on any atom is -0.399 e. The molecule has 0 saturated carbocycles. The van der Waals surface area contributed by atoms with Gasteiger partial charge in [-0.2, -0.15) is 26.3 Å². The van der Waals surface area contributed by atoms with Crippen molar-refractivity contribution in [2.75, 3.05) is 0 Å². The van der Waals surface area contributed by atoms with Crippen LogP contribution in [0, 0.1) is 0 Å². The summed E-state index contributed by atoms with van der Waals surface area (Å²) in [6, 6.07) is 5.66. The first-order chi connectivity index (χ1) is 16.8. The second kappa shape index (κ2) is 9.68. The molecule has 0 unspecified atom stereocenters. The molecule has 2 aromatic carbocycles. The Labute approximate surface area is 209 Å². The minimum atomic E-state index is -5.13. The SMILES string of the molecule is CC1(C)OB(c2ccc(C[C@@H](NC(=O)c3cc(C(F)(F)F)cc(C(F)(F)F)c3)C(N)=O)cc2)OC1(C)C. The zero-order valence-corrected chi connectivity index (χ0v) is 20.4. The normalized spacial score (nSPS) is 17.9. The van der Waals surface area contributed by atoms with Crippen molar-refractivity contribution in [2.45, 2.75) is 63.7 Å². The predicted octanol–water partition coefficient (Wildman–Crippen LogP) is 3.85. The van der Waals surface area contributed by atoms with Crippen LogP contribution < -0.4 is 16.5 Å². The van der Waals surface area contributed by atoms with Crippen molar-refractivity contribution in [2.24, 2.45) is 5.73 Å². The molecule has 6 nitrogen and oxygen atoms in total. The molecule has 1 heterocycles. The van der Waals surface area contributed by atoms with Gasteiger partial charge < -0.3 is 20.4 Å². The van der Waals surface area contributed by atoms with Gasteiger partial charge in [0.1, 0.15) is 6.04 Å². The van der Waals surface area contributed by atoms with Crippen molar-refractivity contribution < 1.29 is 45.2 Å². The Hall–Kier alpha value is -3.06. The van der Waals surface area contributed by atoms with Gasteiger partial charge in [-0.3, -0.25) is 9.59 Å². The average molecular weight is 530 g/mol. The average Bonchev–Trinajstić information content (AvgIpc) is 2.99. The number of halogens is 6. The van der Waals surface area contributed by atoms with E-state index in [1.807, 2.05) is 27.7 Å². The third-order valence-electron chi connectivity index (χ3n) is 6.44. The molecule has 0 bridgehead atoms. The van der Waals surface area contributed by atoms with Crippen LogP contribution in [-0.4, -0.2) is 36.2 Å². The van der Waals surface area contributed by atoms with Crippen LogP contribution in [0.5, 0.6) is 0 Å². The second-order valence-electron chi connectivity index (χ2n) is 9.76. The molecular weight excluding hydrogens is 505 g/mol. The van der Waals surface area contributed by atoms with Gasteiger partial charge in [0.2, 0.25) is 5.91 Å². The largest absolute Gasteiger partial charge is 0.494 e. The molecule has 3 N–H and O–H groups in total. The number of alkyl halides is 6. The molecule has 0 aromatic heterocycles. The molecule has 1 aliphatic rings. The number of carbonyl (C=O) groups excluding carboxylic acids is 2. The first-order valence-corrected chi connectivity index (χ1v) is 11.1. The van der Waals surface area contributed by atoms with Gasteiger partial charge in [0.25, 0.3) is 5.91 Å². The van der Waals surface area contributed by atoms with E-state index in [0.29, 0.717) is 11.0 Å². The number of hydrogen-bond acceptors (Lipinski definition) is 4. The maximum atomic E-state index is 13.1. The van der Waals surface area contributed by atoms with Gasteiger partial charge in [0.05, 0.1) is 22.3 Å². The molecule has 1 saturated heterocycles. The van der Waals surface area contributed by atoms with Crippen LogP contribution in [0.2, 0.25) is 0 Å². The third kappa shape index (κ3) is 6.45. The van der Waals surface area contributed by atoms with Crippen molar-refractivity contribution in [1.29, 1.82) is 0 Å². The maximum absolute atomic E-state index is 13.1. The predicted molar refractivity (Wildman–Crippen MR) is 123 cm³/mol. The van der Waals surface area contributed by atoms with Crippen molar-refractivity contribution in [3.63, 3.8) is 0 Å². The number of rotatable bonds is 6. The highest BCUT2D eigenvalue weighted by molar-refractivity contribution is 6.62. The van der Waals surface area contributed by atoms with Crippen LogP contribution in [0.1, 0.15) is 54.7 Å². The van der Waals surface area contributed by atoms with E-state index in [4.69, 9.17) is 15.0 Å². The number of nitrogens with two attached hydrogens (primary N) is 1. The van der Waals surface area contributed by atoms with Crippen LogP contribution in [0.3, 0.4) is 0 Å². The highest BCUT2D eigenvalue weighted by atomic mass is 19.4. The number of carbonyl (C=O) groups is 2. The number of nitrogens with one attached hydrogen (secondary N) is 1. The van der Waals surface area contributed by atoms with Crippen molar-refractivity contribution in [3.8, 4) is 0 Å². The number of hydrogen-bond donors (Lipinski definition) is 2. The number of primary amides is 1. The van der Waals surface area contributed by atoms with E-state index in [1.165, 1.54) is 0 Å². The highest BCUT2D eigenvalue weighted by Crippen LogP contribution is 2.37. The molecule has 2 aromatic rings. The Morgan fingerprint density at radius 3 is 1.76 bits per heavy atom. The molecule has 3 rings (SSSR count). The summed E-state index contributed by atoms with van der Waals surface area (Å²) in [6.07, 6.45) is -10.4. The van der Waals surface area contributed by atoms with Crippen LogP contribution in [-0.2, 0) is 32.9 Å². The monoisotopic (exact) mass is 530 g/mol. The van der Waals surface area contributed by atoms with Gasteiger partial charge in [-0.05, 0) is 56.9 Å². The lowest BCUT2D eigenvalue weighted by Gasteiger charge is -2.32. The summed E-state index contributed by atoms with van der Waals surface area (Å²) >= 11 is 0. The zero-order valence-electron chi connectivity index (χ0n) is 20.4. The van der Waals surface area contributed by atoms with Crippen LogP contribution in [0.4, 0.5) is 26.3 Å². The quantitative estimate of drug-likeness (QED) is 0.439. The molecule has 13 heteroatoms. The molecule has 0 spiro atoms. The van der Waals surface area contributed by atoms with E-state index in [2.05, 4.69) is 5.32 Å². The van der Waals surface area contributed by atoms with Crippen LogP contribution >= 0.6 is 0 Å². The van der Waals surface area contributed by atoms with Gasteiger partial charge >= 0.3 is 19.5 Å². The van der Waals surface area contributed by atoms with Gasteiger partial charge in [-0.1, -0.05) is 24.3 Å². The molecule has 0 radical (unpaired) electrons.